The van der Waals surface area contributed by atoms with Gasteiger partial charge in [0, 0.05) is 12.1 Å². The fraction of sp³-hybridized carbons (Fsp3) is 0.467. The Kier molecular flexibility index (Phi) is 8.47. The number of unbranched alkanes of at least 4 members (excludes halogenated alkanes) is 2. The van der Waals surface area contributed by atoms with Gasteiger partial charge in [0.15, 0.2) is 0 Å². The lowest BCUT2D eigenvalue weighted by molar-refractivity contribution is 0.350. The highest BCUT2D eigenvalue weighted by atomic mass is 32.2. The molecule has 2 N–H and O–H groups in total. The van der Waals surface area contributed by atoms with Crippen LogP contribution in [0.5, 0.6) is 0 Å². The number of nitrogens with one attached hydrogen (secondary N) is 1. The summed E-state index contributed by atoms with van der Waals surface area (Å²) in [5.41, 5.74) is 0.404. The van der Waals surface area contributed by atoms with Gasteiger partial charge >= 0.3 is 0 Å². The summed E-state index contributed by atoms with van der Waals surface area (Å²) in [6.07, 6.45) is 4.99. The van der Waals surface area contributed by atoms with Gasteiger partial charge in [-0.15, -0.1) is 0 Å². The quantitative estimate of drug-likeness (QED) is 0.565. The van der Waals surface area contributed by atoms with E-state index in [2.05, 4.69) is 22.8 Å². The molecule has 1 aromatic carbocycles. The Bertz CT molecular complexity index is 588. The van der Waals surface area contributed by atoms with Crippen LogP contribution in [-0.2, 0) is 10.0 Å². The Morgan fingerprint density at radius 1 is 1.24 bits per heavy atom. The molecule has 0 spiro atoms. The van der Waals surface area contributed by atoms with Gasteiger partial charge in [0.05, 0.1) is 4.90 Å². The van der Waals surface area contributed by atoms with Gasteiger partial charge in [0.2, 0.25) is 10.0 Å². The molecule has 1 aromatic rings. The van der Waals surface area contributed by atoms with Crippen LogP contribution >= 0.6 is 11.8 Å². The molecule has 0 aliphatic heterocycles. The minimum atomic E-state index is -3.55. The first-order valence-electron chi connectivity index (χ1n) is 6.79. The van der Waals surface area contributed by atoms with Gasteiger partial charge in [0.1, 0.15) is 6.61 Å². The van der Waals surface area contributed by atoms with Gasteiger partial charge in [0.25, 0.3) is 0 Å². The molecule has 4 nitrogen and oxygen atoms in total. The summed E-state index contributed by atoms with van der Waals surface area (Å²) in [4.78, 5) is 0.162. The first-order chi connectivity index (χ1) is 10.1. The van der Waals surface area contributed by atoms with Gasteiger partial charge in [-0.1, -0.05) is 30.4 Å². The lowest BCUT2D eigenvalue weighted by atomic mass is 10.2. The van der Waals surface area contributed by atoms with Gasteiger partial charge < -0.3 is 5.11 Å². The minimum absolute atomic E-state index is 0.162. The zero-order chi connectivity index (χ0) is 15.6. The predicted molar refractivity (Wildman–Crippen MR) is 87.8 cm³/mol. The fourth-order valence-corrected chi connectivity index (χ4v) is 3.50. The predicted octanol–water partition coefficient (Wildman–Crippen LogP) is 1.84. The molecular weight excluding hydrogens is 306 g/mol. The summed E-state index contributed by atoms with van der Waals surface area (Å²) < 4.78 is 27.1. The number of sulfonamides is 1. The zero-order valence-corrected chi connectivity index (χ0v) is 13.8. The monoisotopic (exact) mass is 327 g/mol. The standard InChI is InChI=1S/C15H21NO3S2/c1-20-13-6-2-5-11-16-21(18,19)15-10-4-3-8-14(15)9-7-12-17/h3-4,8,10,16-17H,2,5-6,11-13H2,1H3. The third-order valence-corrected chi connectivity index (χ3v) is 5.01. The molecule has 0 aliphatic rings. The van der Waals surface area contributed by atoms with Crippen molar-refractivity contribution in [2.75, 3.05) is 25.2 Å². The van der Waals surface area contributed by atoms with Crippen LogP contribution in [0, 0.1) is 11.8 Å². The summed E-state index contributed by atoms with van der Waals surface area (Å²) in [6, 6.07) is 6.55. The normalized spacial score (nSPS) is 11.0. The van der Waals surface area contributed by atoms with Crippen LogP contribution in [-0.4, -0.2) is 38.7 Å². The van der Waals surface area contributed by atoms with E-state index >= 15 is 0 Å². The SMILES string of the molecule is CSCCCCCNS(=O)(=O)c1ccccc1C#CCO. The van der Waals surface area contributed by atoms with E-state index in [4.69, 9.17) is 5.11 Å². The smallest absolute Gasteiger partial charge is 0.241 e. The molecule has 0 atom stereocenters. The van der Waals surface area contributed by atoms with Gasteiger partial charge in [-0.3, -0.25) is 0 Å². The maximum Gasteiger partial charge on any atom is 0.241 e. The number of thioether (sulfide) groups is 1. The van der Waals surface area contributed by atoms with E-state index in [1.54, 1.807) is 30.0 Å². The molecular formula is C15H21NO3S2. The Balaban J connectivity index is 2.66. The molecule has 1 rings (SSSR count). The van der Waals surface area contributed by atoms with Crippen LogP contribution in [0.3, 0.4) is 0 Å². The first-order valence-corrected chi connectivity index (χ1v) is 9.67. The van der Waals surface area contributed by atoms with Gasteiger partial charge in [-0.25, -0.2) is 13.1 Å². The second-order valence-corrected chi connectivity index (χ2v) is 7.13. The third kappa shape index (κ3) is 6.53. The van der Waals surface area contributed by atoms with Crippen molar-refractivity contribution < 1.29 is 13.5 Å². The van der Waals surface area contributed by atoms with Crippen LogP contribution in [0.15, 0.2) is 29.2 Å². The first kappa shape index (κ1) is 18.1. The molecule has 0 saturated carbocycles. The van der Waals surface area contributed by atoms with E-state index in [9.17, 15) is 8.42 Å². The molecule has 0 unspecified atom stereocenters. The summed E-state index contributed by atoms with van der Waals surface area (Å²) in [5, 5.41) is 8.73. The van der Waals surface area contributed by atoms with Crippen LogP contribution in [0.1, 0.15) is 24.8 Å². The second-order valence-electron chi connectivity index (χ2n) is 4.41. The van der Waals surface area contributed by atoms with E-state index < -0.39 is 10.0 Å². The van der Waals surface area contributed by atoms with Crippen molar-refractivity contribution in [2.45, 2.75) is 24.2 Å². The number of rotatable bonds is 8. The lowest BCUT2D eigenvalue weighted by Gasteiger charge is -2.08. The van der Waals surface area contributed by atoms with Crippen LogP contribution in [0.25, 0.3) is 0 Å². The van der Waals surface area contributed by atoms with E-state index in [0.717, 1.165) is 25.0 Å². The van der Waals surface area contributed by atoms with Crippen LogP contribution in [0.4, 0.5) is 0 Å². The number of hydrogen-bond acceptors (Lipinski definition) is 4. The minimum Gasteiger partial charge on any atom is -0.384 e. The maximum absolute atomic E-state index is 12.3. The van der Waals surface area contributed by atoms with E-state index in [0.29, 0.717) is 12.1 Å². The molecule has 0 radical (unpaired) electrons. The highest BCUT2D eigenvalue weighted by Crippen LogP contribution is 2.14. The average molecular weight is 327 g/mol. The molecule has 0 fully saturated rings. The molecule has 0 aliphatic carbocycles. The highest BCUT2D eigenvalue weighted by Gasteiger charge is 2.16. The van der Waals surface area contributed by atoms with Crippen molar-refractivity contribution in [1.29, 1.82) is 0 Å². The van der Waals surface area contributed by atoms with Crippen LogP contribution in [0.2, 0.25) is 0 Å². The average Bonchev–Trinajstić information content (AvgIpc) is 2.49. The largest absolute Gasteiger partial charge is 0.384 e. The zero-order valence-electron chi connectivity index (χ0n) is 12.1. The third-order valence-electron chi connectivity index (χ3n) is 2.80. The van der Waals surface area contributed by atoms with Crippen molar-refractivity contribution in [1.82, 2.24) is 4.72 Å². The molecule has 0 amide bonds. The van der Waals surface area contributed by atoms with Gasteiger partial charge in [-0.05, 0) is 37.0 Å². The molecule has 6 heteroatoms. The molecule has 116 valence electrons. The number of aliphatic hydroxyl groups is 1. The summed E-state index contributed by atoms with van der Waals surface area (Å²) in [5.74, 6) is 6.25. The van der Waals surface area contributed by atoms with Crippen molar-refractivity contribution in [3.63, 3.8) is 0 Å². The Hall–Kier alpha value is -1.00. The summed E-state index contributed by atoms with van der Waals surface area (Å²) in [6.45, 7) is 0.135. The molecule has 0 saturated heterocycles. The van der Waals surface area contributed by atoms with Gasteiger partial charge in [-0.2, -0.15) is 11.8 Å². The Morgan fingerprint density at radius 3 is 2.71 bits per heavy atom. The molecule has 21 heavy (non-hydrogen) atoms. The van der Waals surface area contributed by atoms with E-state index in [1.165, 1.54) is 6.07 Å². The Labute approximate surface area is 131 Å². The second kappa shape index (κ2) is 9.85. The molecule has 0 aromatic heterocycles. The maximum atomic E-state index is 12.3. The van der Waals surface area contributed by atoms with E-state index in [1.807, 2.05) is 0 Å². The lowest BCUT2D eigenvalue weighted by Crippen LogP contribution is -2.25. The van der Waals surface area contributed by atoms with Crippen molar-refractivity contribution in [3.8, 4) is 11.8 Å². The molecule has 0 bridgehead atoms. The van der Waals surface area contributed by atoms with Crippen molar-refractivity contribution in [2.24, 2.45) is 0 Å². The highest BCUT2D eigenvalue weighted by molar-refractivity contribution is 7.98. The number of aliphatic hydroxyl groups excluding tert-OH is 1. The number of benzene rings is 1. The van der Waals surface area contributed by atoms with Crippen molar-refractivity contribution in [3.05, 3.63) is 29.8 Å². The summed E-state index contributed by atoms with van der Waals surface area (Å²) >= 11 is 1.80. The fourth-order valence-electron chi connectivity index (χ4n) is 1.77. The number of hydrogen-bond donors (Lipinski definition) is 2. The van der Waals surface area contributed by atoms with Crippen LogP contribution < -0.4 is 4.72 Å². The van der Waals surface area contributed by atoms with E-state index in [-0.39, 0.29) is 11.5 Å². The van der Waals surface area contributed by atoms with Crippen molar-refractivity contribution >= 4 is 21.8 Å². The Morgan fingerprint density at radius 2 is 2.00 bits per heavy atom. The topological polar surface area (TPSA) is 66.4 Å². The molecule has 0 heterocycles. The summed E-state index contributed by atoms with van der Waals surface area (Å²) in [7, 11) is -3.55.